The third-order valence-electron chi connectivity index (χ3n) is 4.75. The maximum atomic E-state index is 12.8. The van der Waals surface area contributed by atoms with Gasteiger partial charge in [0.25, 0.3) is 0 Å². The van der Waals surface area contributed by atoms with Crippen LogP contribution in [0.2, 0.25) is 5.02 Å². The molecular weight excluding hydrogens is 406 g/mol. The fraction of sp³-hybridized carbons (Fsp3) is 0.318. The second-order valence-corrected chi connectivity index (χ2v) is 8.66. The Balaban J connectivity index is 1.35. The molecule has 0 bridgehead atoms. The van der Waals surface area contributed by atoms with Crippen LogP contribution in [0.4, 0.5) is 0 Å². The zero-order valence-corrected chi connectivity index (χ0v) is 17.7. The molecule has 3 aromatic rings. The molecule has 1 heterocycles. The highest BCUT2D eigenvalue weighted by Crippen LogP contribution is 2.30. The molecule has 1 amide bonds. The topological polar surface area (TPSA) is 59.2 Å². The summed E-state index contributed by atoms with van der Waals surface area (Å²) in [5.41, 5.74) is 3.29. The molecule has 1 fully saturated rings. The number of aryl methyl sites for hydroxylation is 1. The van der Waals surface area contributed by atoms with Crippen LogP contribution in [0.5, 0.6) is 0 Å². The van der Waals surface area contributed by atoms with E-state index in [-0.39, 0.29) is 11.9 Å². The Morgan fingerprint density at radius 2 is 2.00 bits per heavy atom. The van der Waals surface area contributed by atoms with E-state index >= 15 is 0 Å². The fourth-order valence-electron chi connectivity index (χ4n) is 3.12. The predicted octanol–water partition coefficient (Wildman–Crippen LogP) is 5.12. The summed E-state index contributed by atoms with van der Waals surface area (Å²) < 4.78 is 5.79. The van der Waals surface area contributed by atoms with Crippen LogP contribution in [0.15, 0.2) is 52.9 Å². The molecule has 0 unspecified atom stereocenters. The number of hydrogen-bond donors (Lipinski definition) is 0. The van der Waals surface area contributed by atoms with Crippen molar-refractivity contribution >= 4 is 29.3 Å². The minimum absolute atomic E-state index is 0.122. The maximum absolute atomic E-state index is 12.8. The lowest BCUT2D eigenvalue weighted by Crippen LogP contribution is -2.34. The summed E-state index contributed by atoms with van der Waals surface area (Å²) in [6, 6.07) is 15.9. The van der Waals surface area contributed by atoms with E-state index in [1.165, 1.54) is 11.1 Å². The summed E-state index contributed by atoms with van der Waals surface area (Å²) in [6.45, 7) is 2.44. The highest BCUT2D eigenvalue weighted by molar-refractivity contribution is 7.99. The Morgan fingerprint density at radius 1 is 1.21 bits per heavy atom. The van der Waals surface area contributed by atoms with Gasteiger partial charge in [-0.15, -0.1) is 22.0 Å². The molecule has 0 N–H and O–H groups in total. The first-order valence-electron chi connectivity index (χ1n) is 9.59. The molecule has 0 spiro atoms. The van der Waals surface area contributed by atoms with Gasteiger partial charge in [-0.25, -0.2) is 0 Å². The van der Waals surface area contributed by atoms with Crippen molar-refractivity contribution < 1.29 is 9.21 Å². The number of rotatable bonds is 8. The van der Waals surface area contributed by atoms with Crippen molar-refractivity contribution in [3.8, 4) is 11.5 Å². The quantitative estimate of drug-likeness (QED) is 0.499. The number of carbonyl (C=O) groups excluding carboxylic acids is 1. The van der Waals surface area contributed by atoms with Crippen LogP contribution in [0.3, 0.4) is 0 Å². The number of halogens is 1. The molecule has 0 aliphatic heterocycles. The van der Waals surface area contributed by atoms with Crippen molar-refractivity contribution in [2.24, 2.45) is 0 Å². The molecular formula is C22H22ClN3O2S. The Hall–Kier alpha value is -2.31. The van der Waals surface area contributed by atoms with Gasteiger partial charge in [0.05, 0.1) is 12.3 Å². The van der Waals surface area contributed by atoms with E-state index in [4.69, 9.17) is 16.0 Å². The van der Waals surface area contributed by atoms with E-state index < -0.39 is 0 Å². The first-order valence-corrected chi connectivity index (χ1v) is 11.1. The Bertz CT molecular complexity index is 986. The van der Waals surface area contributed by atoms with Gasteiger partial charge in [-0.3, -0.25) is 4.79 Å². The smallest absolute Gasteiger partial charge is 0.247 e. The zero-order valence-electron chi connectivity index (χ0n) is 16.2. The molecule has 5 nitrogen and oxygen atoms in total. The normalized spacial score (nSPS) is 13.4. The lowest BCUT2D eigenvalue weighted by molar-refractivity contribution is -0.129. The van der Waals surface area contributed by atoms with E-state index in [0.29, 0.717) is 29.1 Å². The Labute approximate surface area is 179 Å². The molecule has 29 heavy (non-hydrogen) atoms. The number of thioether (sulfide) groups is 1. The molecule has 1 saturated carbocycles. The lowest BCUT2D eigenvalue weighted by atomic mass is 10.2. The van der Waals surface area contributed by atoms with Crippen molar-refractivity contribution in [2.75, 3.05) is 5.75 Å². The van der Waals surface area contributed by atoms with Gasteiger partial charge in [-0.1, -0.05) is 41.4 Å². The van der Waals surface area contributed by atoms with Crippen molar-refractivity contribution in [3.63, 3.8) is 0 Å². The van der Waals surface area contributed by atoms with E-state index in [9.17, 15) is 4.79 Å². The number of hydrogen-bond acceptors (Lipinski definition) is 5. The first-order chi connectivity index (χ1) is 14.1. The number of aromatic nitrogens is 2. The first kappa shape index (κ1) is 20.0. The summed E-state index contributed by atoms with van der Waals surface area (Å²) >= 11 is 7.57. The largest absolute Gasteiger partial charge is 0.419 e. The maximum Gasteiger partial charge on any atom is 0.247 e. The van der Waals surface area contributed by atoms with Crippen molar-refractivity contribution in [2.45, 2.75) is 38.1 Å². The minimum Gasteiger partial charge on any atom is -0.419 e. The summed E-state index contributed by atoms with van der Waals surface area (Å²) in [4.78, 5) is 14.7. The van der Waals surface area contributed by atoms with E-state index in [1.54, 1.807) is 23.9 Å². The van der Waals surface area contributed by atoms with Gasteiger partial charge >= 0.3 is 0 Å². The van der Waals surface area contributed by atoms with Gasteiger partial charge in [0.2, 0.25) is 17.7 Å². The van der Waals surface area contributed by atoms with Crippen LogP contribution in [0.25, 0.3) is 11.5 Å². The lowest BCUT2D eigenvalue weighted by Gasteiger charge is -2.20. The van der Waals surface area contributed by atoms with E-state index in [2.05, 4.69) is 41.4 Å². The van der Waals surface area contributed by atoms with Gasteiger partial charge in [0.15, 0.2) is 0 Å². The van der Waals surface area contributed by atoms with E-state index in [0.717, 1.165) is 24.2 Å². The third kappa shape index (κ3) is 5.40. The summed E-state index contributed by atoms with van der Waals surface area (Å²) in [5, 5.41) is 8.90. The van der Waals surface area contributed by atoms with Crippen LogP contribution < -0.4 is 0 Å². The average Bonchev–Trinajstić information content (AvgIpc) is 3.44. The Kier molecular flexibility index (Phi) is 6.21. The third-order valence-corrected chi connectivity index (χ3v) is 5.99. The van der Waals surface area contributed by atoms with Crippen LogP contribution in [0, 0.1) is 6.92 Å². The predicted molar refractivity (Wildman–Crippen MR) is 116 cm³/mol. The monoisotopic (exact) mass is 427 g/mol. The van der Waals surface area contributed by atoms with Crippen LogP contribution in [-0.4, -0.2) is 32.8 Å². The molecule has 2 aromatic carbocycles. The molecule has 0 radical (unpaired) electrons. The van der Waals surface area contributed by atoms with Crippen LogP contribution >= 0.6 is 23.4 Å². The zero-order chi connectivity index (χ0) is 20.2. The summed E-state index contributed by atoms with van der Waals surface area (Å²) in [6.07, 6.45) is 2.07. The molecule has 7 heteroatoms. The molecule has 1 aromatic heterocycles. The van der Waals surface area contributed by atoms with Gasteiger partial charge in [0.1, 0.15) is 0 Å². The van der Waals surface area contributed by atoms with Crippen LogP contribution in [0.1, 0.15) is 29.9 Å². The van der Waals surface area contributed by atoms with Crippen LogP contribution in [-0.2, 0) is 17.1 Å². The standard InChI is InChI=1S/C22H22ClN3O2S/c1-15-3-2-4-16(11-15)13-29-14-21(27)26(19-9-10-19)12-20-24-25-22(28-20)17-5-7-18(23)8-6-17/h2-8,11,19H,9-10,12-14H2,1H3. The van der Waals surface area contributed by atoms with Crippen molar-refractivity contribution in [3.05, 3.63) is 70.6 Å². The average molecular weight is 428 g/mol. The molecule has 0 saturated heterocycles. The minimum atomic E-state index is 0.122. The second kappa shape index (κ2) is 9.01. The van der Waals surface area contributed by atoms with Gasteiger partial charge in [-0.05, 0) is 49.6 Å². The van der Waals surface area contributed by atoms with Crippen molar-refractivity contribution in [1.29, 1.82) is 0 Å². The van der Waals surface area contributed by atoms with E-state index in [1.807, 2.05) is 17.0 Å². The molecule has 1 aliphatic carbocycles. The molecule has 0 atom stereocenters. The highest BCUT2D eigenvalue weighted by atomic mass is 35.5. The highest BCUT2D eigenvalue weighted by Gasteiger charge is 2.33. The molecule has 4 rings (SSSR count). The number of benzene rings is 2. The summed E-state index contributed by atoms with van der Waals surface area (Å²) in [7, 11) is 0. The van der Waals surface area contributed by atoms with Gasteiger partial charge in [-0.2, -0.15) is 0 Å². The Morgan fingerprint density at radius 3 is 2.72 bits per heavy atom. The SMILES string of the molecule is Cc1cccc(CSCC(=O)N(Cc2nnc(-c3ccc(Cl)cc3)o2)C2CC2)c1. The molecule has 1 aliphatic rings. The summed E-state index contributed by atoms with van der Waals surface area (Å²) in [5.74, 6) is 2.29. The van der Waals surface area contributed by atoms with Gasteiger partial charge in [0, 0.05) is 22.4 Å². The second-order valence-electron chi connectivity index (χ2n) is 7.24. The van der Waals surface area contributed by atoms with Gasteiger partial charge < -0.3 is 9.32 Å². The number of carbonyl (C=O) groups is 1. The van der Waals surface area contributed by atoms with Crippen molar-refractivity contribution in [1.82, 2.24) is 15.1 Å². The number of nitrogens with zero attached hydrogens (tertiary/aromatic N) is 3. The fourth-order valence-corrected chi connectivity index (χ4v) is 4.10. The molecule has 150 valence electrons. The number of amides is 1.